The van der Waals surface area contributed by atoms with Crippen molar-refractivity contribution in [3.8, 4) is 0 Å². The van der Waals surface area contributed by atoms with Crippen LogP contribution in [0.5, 0.6) is 0 Å². The van der Waals surface area contributed by atoms with Gasteiger partial charge in [0.25, 0.3) is 0 Å². The van der Waals surface area contributed by atoms with Crippen LogP contribution in [0.15, 0.2) is 36.3 Å². The molecule has 3 nitrogen and oxygen atoms in total. The quantitative estimate of drug-likeness (QED) is 0.616. The smallest absolute Gasteiger partial charge is 0.172 e. The predicted molar refractivity (Wildman–Crippen MR) is 50.0 cm³/mol. The molecule has 0 saturated heterocycles. The van der Waals surface area contributed by atoms with E-state index >= 15 is 0 Å². The van der Waals surface area contributed by atoms with Gasteiger partial charge < -0.3 is 10.4 Å². The first-order valence-corrected chi connectivity index (χ1v) is 4.25. The molecule has 1 aliphatic rings. The molecule has 3 N–H and O–H groups in total. The summed E-state index contributed by atoms with van der Waals surface area (Å²) < 4.78 is 0. The van der Waals surface area contributed by atoms with E-state index in [9.17, 15) is 9.90 Å². The van der Waals surface area contributed by atoms with Gasteiger partial charge in [0.1, 0.15) is 17.0 Å². The first-order valence-electron chi connectivity index (χ1n) is 4.25. The number of aliphatic hydroxyl groups excluding tert-OH is 1. The molecule has 0 atom stereocenters. The molecule has 0 heterocycles. The number of ketones is 1. The summed E-state index contributed by atoms with van der Waals surface area (Å²) in [5.74, 6) is 0.165. The van der Waals surface area contributed by atoms with E-state index in [1.165, 1.54) is 0 Å². The summed E-state index contributed by atoms with van der Waals surface area (Å²) in [6.45, 7) is 7.96. The van der Waals surface area contributed by atoms with Gasteiger partial charge in [-0.2, -0.15) is 0 Å². The van der Waals surface area contributed by atoms with Crippen molar-refractivity contribution < 1.29 is 15.2 Å². The fourth-order valence-electron chi connectivity index (χ4n) is 1.33. The Labute approximate surface area is 77.5 Å². The van der Waals surface area contributed by atoms with E-state index in [-0.39, 0.29) is 11.5 Å². The number of hydrogen-bond acceptors (Lipinski definition) is 2. The van der Waals surface area contributed by atoms with Gasteiger partial charge in [-0.25, -0.2) is 0 Å². The second-order valence-corrected chi connectivity index (χ2v) is 3.00. The average Bonchev–Trinajstić information content (AvgIpc) is 2.42. The third-order valence-electron chi connectivity index (χ3n) is 2.01. The fraction of sp³-hybridized carbons (Fsp3) is 0.300. The van der Waals surface area contributed by atoms with E-state index in [0.29, 0.717) is 30.7 Å². The second-order valence-electron chi connectivity index (χ2n) is 3.00. The third-order valence-corrected chi connectivity index (χ3v) is 2.01. The average molecular weight is 180 g/mol. The molecule has 0 aromatic carbocycles. The molecule has 70 valence electrons. The lowest BCUT2D eigenvalue weighted by atomic mass is 10.1. The van der Waals surface area contributed by atoms with Gasteiger partial charge in [-0.15, -0.1) is 0 Å². The summed E-state index contributed by atoms with van der Waals surface area (Å²) in [6.07, 6.45) is 2.58. The topological polar surface area (TPSA) is 53.9 Å². The number of rotatable bonds is 4. The summed E-state index contributed by atoms with van der Waals surface area (Å²) in [7, 11) is 0. The third kappa shape index (κ3) is 2.06. The number of nitrogens with two attached hydrogens (primary N) is 1. The van der Waals surface area contributed by atoms with Crippen molar-refractivity contribution in [1.82, 2.24) is 0 Å². The van der Waals surface area contributed by atoms with Crippen LogP contribution in [0.25, 0.3) is 0 Å². The monoisotopic (exact) mass is 180 g/mol. The van der Waals surface area contributed by atoms with Crippen LogP contribution in [0, 0.1) is 0 Å². The van der Waals surface area contributed by atoms with Gasteiger partial charge in [0, 0.05) is 12.8 Å². The number of aliphatic hydroxyl groups is 1. The summed E-state index contributed by atoms with van der Waals surface area (Å²) in [5, 5.41) is 11.2. The van der Waals surface area contributed by atoms with Crippen molar-refractivity contribution in [2.45, 2.75) is 12.8 Å². The van der Waals surface area contributed by atoms with Crippen LogP contribution in [-0.2, 0) is 4.79 Å². The molecule has 0 unspecified atom stereocenters. The molecule has 13 heavy (non-hydrogen) atoms. The highest BCUT2D eigenvalue weighted by atomic mass is 16.3. The Morgan fingerprint density at radius 3 is 2.77 bits per heavy atom. The Bertz CT molecular complexity index is 289. The molecule has 0 radical (unpaired) electrons. The van der Waals surface area contributed by atoms with Crippen LogP contribution in [0.2, 0.25) is 0 Å². The van der Waals surface area contributed by atoms with Crippen LogP contribution >= 0.6 is 0 Å². The molecule has 0 spiro atoms. The fourth-order valence-corrected chi connectivity index (χ4v) is 1.33. The molecule has 0 saturated carbocycles. The van der Waals surface area contributed by atoms with Crippen molar-refractivity contribution in [3.63, 3.8) is 0 Å². The van der Waals surface area contributed by atoms with Crippen molar-refractivity contribution >= 4 is 5.78 Å². The van der Waals surface area contributed by atoms with Gasteiger partial charge in [0.2, 0.25) is 0 Å². The van der Waals surface area contributed by atoms with Gasteiger partial charge in [-0.05, 0) is 12.7 Å². The predicted octanol–water partition coefficient (Wildman–Crippen LogP) is 0.424. The van der Waals surface area contributed by atoms with Gasteiger partial charge >= 0.3 is 0 Å². The lowest BCUT2D eigenvalue weighted by molar-refractivity contribution is -0.592. The highest BCUT2D eigenvalue weighted by molar-refractivity contribution is 6.01. The molecule has 0 fully saturated rings. The lowest BCUT2D eigenvalue weighted by Gasteiger charge is -2.01. The van der Waals surface area contributed by atoms with Crippen molar-refractivity contribution in [1.29, 1.82) is 0 Å². The van der Waals surface area contributed by atoms with Crippen LogP contribution in [-0.4, -0.2) is 17.4 Å². The largest absolute Gasteiger partial charge is 0.511 e. The maximum absolute atomic E-state index is 11.3. The number of Topliss-reactive ketones (excluding diaryl/α,β-unsaturated/α-hetero) is 1. The van der Waals surface area contributed by atoms with Gasteiger partial charge in [0.15, 0.2) is 5.78 Å². The lowest BCUT2D eigenvalue weighted by Crippen LogP contribution is -2.82. The minimum atomic E-state index is -0.0113. The van der Waals surface area contributed by atoms with E-state index in [0.717, 1.165) is 0 Å². The number of carbonyl (C=O) groups is 1. The molecule has 0 aromatic heterocycles. The summed E-state index contributed by atoms with van der Waals surface area (Å²) in [6, 6.07) is 0. The van der Waals surface area contributed by atoms with Crippen molar-refractivity contribution in [2.24, 2.45) is 0 Å². The van der Waals surface area contributed by atoms with Gasteiger partial charge in [0.05, 0.1) is 6.54 Å². The van der Waals surface area contributed by atoms with E-state index in [2.05, 4.69) is 13.2 Å². The van der Waals surface area contributed by atoms with E-state index in [4.69, 9.17) is 0 Å². The molecular weight excluding hydrogens is 166 g/mol. The molecule has 0 amide bonds. The molecule has 1 rings (SSSR count). The number of carbonyl (C=O) groups excluding carboxylic acids is 1. The minimum absolute atomic E-state index is 0.0113. The first-order chi connectivity index (χ1) is 6.16. The van der Waals surface area contributed by atoms with Crippen LogP contribution in [0.3, 0.4) is 0 Å². The highest BCUT2D eigenvalue weighted by Gasteiger charge is 2.26. The number of allylic oxidation sites excluding steroid dienone is 2. The molecule has 3 heteroatoms. The maximum atomic E-state index is 11.3. The molecule has 0 aliphatic heterocycles. The molecule has 0 bridgehead atoms. The van der Waals surface area contributed by atoms with Crippen LogP contribution in [0.1, 0.15) is 12.8 Å². The Morgan fingerprint density at radius 1 is 1.62 bits per heavy atom. The molecule has 0 aromatic rings. The Kier molecular flexibility index (Phi) is 3.03. The summed E-state index contributed by atoms with van der Waals surface area (Å²) >= 11 is 0. The van der Waals surface area contributed by atoms with Crippen molar-refractivity contribution in [2.75, 3.05) is 6.54 Å². The van der Waals surface area contributed by atoms with Crippen LogP contribution < -0.4 is 5.32 Å². The Morgan fingerprint density at radius 2 is 2.31 bits per heavy atom. The van der Waals surface area contributed by atoms with E-state index < -0.39 is 0 Å². The van der Waals surface area contributed by atoms with Crippen molar-refractivity contribution in [3.05, 3.63) is 36.3 Å². The van der Waals surface area contributed by atoms with Gasteiger partial charge in [-0.3, -0.25) is 4.79 Å². The van der Waals surface area contributed by atoms with Crippen LogP contribution in [0.4, 0.5) is 0 Å². The molecule has 1 aliphatic carbocycles. The SMILES string of the molecule is C=CC[NH2+]C(=C)C1=C(O)CCC1=O. The molecular formula is C10H14NO2+. The zero-order valence-corrected chi connectivity index (χ0v) is 7.55. The first kappa shape index (κ1) is 9.74. The highest BCUT2D eigenvalue weighted by Crippen LogP contribution is 2.22. The maximum Gasteiger partial charge on any atom is 0.172 e. The number of quaternary nitrogens is 1. The van der Waals surface area contributed by atoms with Gasteiger partial charge in [-0.1, -0.05) is 6.58 Å². The standard InChI is InChI=1S/C10H13NO2/c1-3-6-11-7(2)10-8(12)4-5-9(10)13/h3,11-12H,1-2,4-6H2/p+1. The minimum Gasteiger partial charge on any atom is -0.511 e. The zero-order chi connectivity index (χ0) is 9.84. The Balaban J connectivity index is 2.70. The normalized spacial score (nSPS) is 16.5. The summed E-state index contributed by atoms with van der Waals surface area (Å²) in [5.41, 5.74) is 1.02. The zero-order valence-electron chi connectivity index (χ0n) is 7.55. The second kappa shape index (κ2) is 4.05. The summed E-state index contributed by atoms with van der Waals surface area (Å²) in [4.78, 5) is 11.3. The Hall–Kier alpha value is -1.35. The van der Waals surface area contributed by atoms with E-state index in [1.807, 2.05) is 0 Å². The number of hydrogen-bond donors (Lipinski definition) is 2. The van der Waals surface area contributed by atoms with E-state index in [1.54, 1.807) is 11.4 Å².